The highest BCUT2D eigenvalue weighted by Crippen LogP contribution is 2.29. The van der Waals surface area contributed by atoms with Crippen LogP contribution in [0.15, 0.2) is 47.4 Å². The second kappa shape index (κ2) is 9.56. The van der Waals surface area contributed by atoms with Crippen LogP contribution in [0, 0.1) is 5.92 Å². The lowest BCUT2D eigenvalue weighted by atomic mass is 9.96. The highest BCUT2D eigenvalue weighted by molar-refractivity contribution is 7.89. The molecule has 2 aromatic rings. The number of halogens is 2. The van der Waals surface area contributed by atoms with Crippen molar-refractivity contribution in [1.29, 1.82) is 0 Å². The van der Waals surface area contributed by atoms with Crippen LogP contribution in [0.1, 0.15) is 18.4 Å². The first-order valence-electron chi connectivity index (χ1n) is 9.56. The fourth-order valence-corrected chi connectivity index (χ4v) is 5.41. The number of sulfonamides is 1. The molecule has 1 heterocycles. The van der Waals surface area contributed by atoms with Crippen LogP contribution in [0.2, 0.25) is 10.0 Å². The quantitative estimate of drug-likeness (QED) is 0.638. The second-order valence-corrected chi connectivity index (χ2v) is 9.98. The molecule has 2 aromatic carbocycles. The highest BCUT2D eigenvalue weighted by atomic mass is 35.5. The van der Waals surface area contributed by atoms with Crippen molar-refractivity contribution < 1.29 is 17.9 Å². The van der Waals surface area contributed by atoms with E-state index in [1.165, 1.54) is 23.5 Å². The number of hydrogen-bond donors (Lipinski definition) is 0. The fourth-order valence-electron chi connectivity index (χ4n) is 3.56. The molecule has 162 valence electrons. The van der Waals surface area contributed by atoms with Gasteiger partial charge in [0.15, 0.2) is 0 Å². The molecule has 9 heteroatoms. The minimum Gasteiger partial charge on any atom is -0.497 e. The average Bonchev–Trinajstić information content (AvgIpc) is 2.76. The maximum absolute atomic E-state index is 12.9. The molecule has 1 aliphatic heterocycles. The van der Waals surface area contributed by atoms with Crippen molar-refractivity contribution in [2.75, 3.05) is 27.2 Å². The lowest BCUT2D eigenvalue weighted by molar-refractivity contribution is -0.135. The largest absolute Gasteiger partial charge is 0.497 e. The Kier molecular flexibility index (Phi) is 7.29. The summed E-state index contributed by atoms with van der Waals surface area (Å²) in [6.45, 7) is 0.954. The van der Waals surface area contributed by atoms with Gasteiger partial charge in [0, 0.05) is 32.6 Å². The van der Waals surface area contributed by atoms with Crippen LogP contribution >= 0.6 is 23.2 Å². The number of rotatable bonds is 6. The number of piperidine rings is 1. The number of amides is 1. The number of nitrogens with zero attached hydrogens (tertiary/aromatic N) is 2. The summed E-state index contributed by atoms with van der Waals surface area (Å²) in [5.74, 6) is 0.351. The minimum atomic E-state index is -3.59. The van der Waals surface area contributed by atoms with Crippen molar-refractivity contribution in [2.45, 2.75) is 24.3 Å². The van der Waals surface area contributed by atoms with Gasteiger partial charge in [0.2, 0.25) is 15.9 Å². The van der Waals surface area contributed by atoms with Crippen LogP contribution < -0.4 is 4.74 Å². The minimum absolute atomic E-state index is 0.0208. The number of methoxy groups -OCH3 is 1. The van der Waals surface area contributed by atoms with Gasteiger partial charge in [-0.15, -0.1) is 0 Å². The van der Waals surface area contributed by atoms with E-state index in [0.717, 1.165) is 5.56 Å². The zero-order valence-corrected chi connectivity index (χ0v) is 19.2. The first-order valence-corrected chi connectivity index (χ1v) is 11.8. The Balaban J connectivity index is 1.61. The normalized spacial score (nSPS) is 15.7. The van der Waals surface area contributed by atoms with E-state index in [1.807, 2.05) is 6.07 Å². The molecule has 6 nitrogen and oxygen atoms in total. The molecule has 0 atom stereocenters. The summed E-state index contributed by atoms with van der Waals surface area (Å²) >= 11 is 12.3. The van der Waals surface area contributed by atoms with Crippen LogP contribution in [0.4, 0.5) is 0 Å². The molecule has 0 N–H and O–H groups in total. The molecule has 1 saturated heterocycles. The zero-order chi connectivity index (χ0) is 21.9. The summed E-state index contributed by atoms with van der Waals surface area (Å²) in [5.41, 5.74) is 0.777. The second-order valence-electron chi connectivity index (χ2n) is 7.26. The lowest BCUT2D eigenvalue weighted by Gasteiger charge is -2.32. The first-order chi connectivity index (χ1) is 14.2. The molecular formula is C21H24Cl2N2O4S. The zero-order valence-electron chi connectivity index (χ0n) is 16.8. The highest BCUT2D eigenvalue weighted by Gasteiger charge is 2.33. The van der Waals surface area contributed by atoms with Crippen LogP contribution in [0.5, 0.6) is 5.75 Å². The first kappa shape index (κ1) is 22.9. The summed E-state index contributed by atoms with van der Waals surface area (Å²) in [6.07, 6.45) is 0.948. The monoisotopic (exact) mass is 470 g/mol. The molecule has 1 fully saturated rings. The van der Waals surface area contributed by atoms with E-state index >= 15 is 0 Å². The molecule has 0 unspecified atom stereocenters. The van der Waals surface area contributed by atoms with Gasteiger partial charge in [0.1, 0.15) is 5.75 Å². The Morgan fingerprint density at radius 1 is 1.13 bits per heavy atom. The van der Waals surface area contributed by atoms with E-state index in [2.05, 4.69) is 0 Å². The van der Waals surface area contributed by atoms with Gasteiger partial charge in [-0.1, -0.05) is 35.3 Å². The Hall–Kier alpha value is -1.80. The molecule has 0 saturated carbocycles. The molecule has 0 spiro atoms. The lowest BCUT2D eigenvalue weighted by Crippen LogP contribution is -2.43. The third-order valence-corrected chi connectivity index (χ3v) is 8.09. The molecule has 0 aromatic heterocycles. The van der Waals surface area contributed by atoms with Crippen LogP contribution in [0.3, 0.4) is 0 Å². The summed E-state index contributed by atoms with van der Waals surface area (Å²) < 4.78 is 32.3. The van der Waals surface area contributed by atoms with Gasteiger partial charge in [-0.25, -0.2) is 8.42 Å². The standard InChI is InChI=1S/C21H24Cl2N2O4S/c1-24(14-16-4-3-5-19(22)20(16)23)21(26)15-10-12-25(13-11-15)30(27,28)18-8-6-17(29-2)7-9-18/h3-9,15H,10-14H2,1-2H3. The van der Waals surface area contributed by atoms with E-state index < -0.39 is 10.0 Å². The summed E-state index contributed by atoms with van der Waals surface area (Å²) in [5, 5.41) is 0.895. The Bertz CT molecular complexity index is 1000. The van der Waals surface area contributed by atoms with Gasteiger partial charge in [-0.2, -0.15) is 4.31 Å². The molecular weight excluding hydrogens is 447 g/mol. The number of carbonyl (C=O) groups is 1. The summed E-state index contributed by atoms with van der Waals surface area (Å²) in [4.78, 5) is 14.7. The Morgan fingerprint density at radius 2 is 1.77 bits per heavy atom. The maximum atomic E-state index is 12.9. The molecule has 0 aliphatic carbocycles. The Labute approximate surface area is 187 Å². The van der Waals surface area contributed by atoms with Gasteiger partial charge < -0.3 is 9.64 Å². The van der Waals surface area contributed by atoms with Crippen LogP contribution in [-0.4, -0.2) is 50.8 Å². The summed E-state index contributed by atoms with van der Waals surface area (Å²) in [7, 11) is -0.342. The topological polar surface area (TPSA) is 66.9 Å². The van der Waals surface area contributed by atoms with Crippen LogP contribution in [-0.2, 0) is 21.4 Å². The maximum Gasteiger partial charge on any atom is 0.243 e. The van der Waals surface area contributed by atoms with E-state index in [4.69, 9.17) is 27.9 Å². The van der Waals surface area contributed by atoms with Crippen molar-refractivity contribution >= 4 is 39.1 Å². The molecule has 3 rings (SSSR count). The third kappa shape index (κ3) is 4.91. The number of benzene rings is 2. The van der Waals surface area contributed by atoms with Crippen LogP contribution in [0.25, 0.3) is 0 Å². The molecule has 1 aliphatic rings. The number of carbonyl (C=O) groups excluding carboxylic acids is 1. The van der Waals surface area contributed by atoms with E-state index in [0.29, 0.717) is 48.3 Å². The SMILES string of the molecule is COc1ccc(S(=O)(=O)N2CCC(C(=O)N(C)Cc3cccc(Cl)c3Cl)CC2)cc1. The average molecular weight is 471 g/mol. The molecule has 0 bridgehead atoms. The molecule has 30 heavy (non-hydrogen) atoms. The Morgan fingerprint density at radius 3 is 2.37 bits per heavy atom. The van der Waals surface area contributed by atoms with E-state index in [1.54, 1.807) is 36.2 Å². The molecule has 0 radical (unpaired) electrons. The van der Waals surface area contributed by atoms with Crippen molar-refractivity contribution in [2.24, 2.45) is 5.92 Å². The van der Waals surface area contributed by atoms with E-state index in [-0.39, 0.29) is 16.7 Å². The number of ether oxygens (including phenoxy) is 1. The van der Waals surface area contributed by atoms with Crippen molar-refractivity contribution in [1.82, 2.24) is 9.21 Å². The predicted molar refractivity (Wildman–Crippen MR) is 117 cm³/mol. The van der Waals surface area contributed by atoms with E-state index in [9.17, 15) is 13.2 Å². The predicted octanol–water partition coefficient (Wildman–Crippen LogP) is 4.06. The van der Waals surface area contributed by atoms with Gasteiger partial charge in [0.25, 0.3) is 0 Å². The third-order valence-electron chi connectivity index (χ3n) is 5.32. The number of hydrogen-bond acceptors (Lipinski definition) is 4. The van der Waals surface area contributed by atoms with Crippen molar-refractivity contribution in [3.63, 3.8) is 0 Å². The van der Waals surface area contributed by atoms with Gasteiger partial charge >= 0.3 is 0 Å². The molecule has 1 amide bonds. The van der Waals surface area contributed by atoms with Crippen molar-refractivity contribution in [3.8, 4) is 5.75 Å². The fraction of sp³-hybridized carbons (Fsp3) is 0.381. The van der Waals surface area contributed by atoms with Gasteiger partial charge in [0.05, 0.1) is 22.1 Å². The smallest absolute Gasteiger partial charge is 0.243 e. The van der Waals surface area contributed by atoms with Crippen molar-refractivity contribution in [3.05, 3.63) is 58.1 Å². The van der Waals surface area contributed by atoms with Gasteiger partial charge in [-0.3, -0.25) is 4.79 Å². The van der Waals surface area contributed by atoms with Gasteiger partial charge in [-0.05, 0) is 48.7 Å². The summed E-state index contributed by atoms with van der Waals surface area (Å²) in [6, 6.07) is 11.7.